The van der Waals surface area contributed by atoms with Crippen LogP contribution in [0.25, 0.3) is 0 Å². The molecule has 0 radical (unpaired) electrons. The van der Waals surface area contributed by atoms with Crippen LogP contribution in [0.15, 0.2) is 70.3 Å². The predicted molar refractivity (Wildman–Crippen MR) is 243 cm³/mol. The topological polar surface area (TPSA) is 116 Å². The van der Waals surface area contributed by atoms with E-state index in [0.717, 1.165) is 6.29 Å². The van der Waals surface area contributed by atoms with Gasteiger partial charge < -0.3 is 31.9 Å². The molecule has 0 aliphatic rings. The largest absolute Gasteiger partial charge is 0.545 e. The fourth-order valence-electron chi connectivity index (χ4n) is 2.53. The van der Waals surface area contributed by atoms with Crippen molar-refractivity contribution in [2.75, 3.05) is 34.5 Å². The maximum atomic E-state index is 11.1. The lowest BCUT2D eigenvalue weighted by molar-refractivity contribution is -0.136. The molecule has 16 heteroatoms. The van der Waals surface area contributed by atoms with Gasteiger partial charge in [0.05, 0.1) is 45.1 Å². The maximum Gasteiger partial charge on any atom is 0.344 e. The third-order valence-electron chi connectivity index (χ3n) is 7.40. The monoisotopic (exact) mass is 958 g/mol. The highest BCUT2D eigenvalue weighted by molar-refractivity contribution is 9.12. The normalized spacial score (nSPS) is 12.9. The van der Waals surface area contributed by atoms with Gasteiger partial charge in [0.15, 0.2) is 16.6 Å². The van der Waals surface area contributed by atoms with Gasteiger partial charge in [0, 0.05) is 0 Å². The average molecular weight is 961 g/mol. The molecule has 0 aromatic rings. The smallest absolute Gasteiger partial charge is 0.344 e. The quantitative estimate of drug-likeness (QED) is 0.0370. The third-order valence-corrected chi connectivity index (χ3v) is 19.0. The molecule has 0 amide bonds. The second-order valence-electron chi connectivity index (χ2n) is 16.6. The first kappa shape index (κ1) is 58.9. The van der Waals surface area contributed by atoms with Gasteiger partial charge in [-0.15, -0.1) is 0 Å². The van der Waals surface area contributed by atoms with Crippen LogP contribution in [0.5, 0.6) is 0 Å². The Kier molecular flexibility index (Phi) is 30.3. The predicted octanol–water partition coefficient (Wildman–Crippen LogP) is 11.5. The Morgan fingerprint density at radius 2 is 1.02 bits per heavy atom. The van der Waals surface area contributed by atoms with E-state index in [9.17, 15) is 14.4 Å². The summed E-state index contributed by atoms with van der Waals surface area (Å²) in [6.45, 7) is 42.9. The molecule has 10 nitrogen and oxygen atoms in total. The fraction of sp³-hybridized carbons (Fsp3) is 0.605. The molecular formula is C38H72Br2O10Si4. The van der Waals surface area contributed by atoms with E-state index in [1.807, 2.05) is 6.08 Å². The Bertz CT molecular complexity index is 1280. The van der Waals surface area contributed by atoms with Crippen LogP contribution >= 0.6 is 31.9 Å². The van der Waals surface area contributed by atoms with Crippen molar-refractivity contribution in [1.82, 2.24) is 0 Å². The molecule has 0 aromatic heterocycles. The van der Waals surface area contributed by atoms with Gasteiger partial charge in [0.2, 0.25) is 16.6 Å². The van der Waals surface area contributed by atoms with E-state index >= 15 is 0 Å². The number of hydrogen-bond donors (Lipinski definition) is 0. The summed E-state index contributed by atoms with van der Waals surface area (Å²) in [5.41, 5.74) is 0. The van der Waals surface area contributed by atoms with Crippen LogP contribution in [0.3, 0.4) is 0 Å². The van der Waals surface area contributed by atoms with Gasteiger partial charge in [-0.2, -0.15) is 0 Å². The van der Waals surface area contributed by atoms with Crippen LogP contribution in [-0.2, 0) is 46.3 Å². The van der Waals surface area contributed by atoms with Crippen LogP contribution in [0, 0.1) is 0 Å². The minimum atomic E-state index is -1.69. The van der Waals surface area contributed by atoms with Crippen LogP contribution in [0.2, 0.25) is 75.5 Å². The van der Waals surface area contributed by atoms with E-state index in [-0.39, 0.29) is 20.5 Å². The van der Waals surface area contributed by atoms with Crippen molar-refractivity contribution in [2.45, 2.75) is 117 Å². The van der Waals surface area contributed by atoms with Crippen molar-refractivity contribution < 1.29 is 46.3 Å². The first-order chi connectivity index (χ1) is 24.1. The van der Waals surface area contributed by atoms with E-state index < -0.39 is 39.2 Å². The molecule has 0 atom stereocenters. The lowest BCUT2D eigenvalue weighted by Crippen LogP contribution is -2.40. The van der Waals surface area contributed by atoms with Gasteiger partial charge in [-0.1, -0.05) is 72.9 Å². The lowest BCUT2D eigenvalue weighted by Gasteiger charge is -2.35. The standard InChI is InChI=1S/C13H23BrO3Si.C11H24O3Si2.C10H20O2Si.C4H5BrO2/c1-13(2,3)18(5,6)17-10-8-7-9-11(14)12(15)16-4;1-10(13-15(3,4)5)9-11(12-2)14-16(6,7)8;1-10(2,3)13(4,5)12-9-7-6-8-11;1-3(5)4(6)7-2/h7-9H,10H2,1-6H3;9H,1H2,2-8H3;6-8H,9H2,1-5H3;1H2,2H3/b8-7-,11-9-;11-9+;7-6-;. The van der Waals surface area contributed by atoms with Crippen molar-refractivity contribution in [1.29, 1.82) is 0 Å². The maximum absolute atomic E-state index is 11.1. The molecule has 314 valence electrons. The van der Waals surface area contributed by atoms with Crippen LogP contribution in [0.4, 0.5) is 0 Å². The van der Waals surface area contributed by atoms with Gasteiger partial charge >= 0.3 is 11.9 Å². The average Bonchev–Trinajstić information content (AvgIpc) is 2.99. The molecule has 0 aliphatic carbocycles. The summed E-state index contributed by atoms with van der Waals surface area (Å²) in [5, 5.41) is 0.450. The van der Waals surface area contributed by atoms with Crippen molar-refractivity contribution in [3.05, 3.63) is 70.3 Å². The number of carbonyl (C=O) groups excluding carboxylic acids is 3. The summed E-state index contributed by atoms with van der Waals surface area (Å²) in [6, 6.07) is 0. The molecule has 0 fully saturated rings. The highest BCUT2D eigenvalue weighted by Crippen LogP contribution is 2.37. The second-order valence-corrected chi connectivity index (χ2v) is 36.9. The second kappa shape index (κ2) is 27.7. The number of allylic oxidation sites excluding steroid dienone is 4. The fourth-order valence-corrected chi connectivity index (χ4v) is 6.49. The summed E-state index contributed by atoms with van der Waals surface area (Å²) in [6.07, 6.45) is 11.1. The van der Waals surface area contributed by atoms with Crippen molar-refractivity contribution in [3.8, 4) is 0 Å². The number of hydrogen-bond acceptors (Lipinski definition) is 10. The van der Waals surface area contributed by atoms with Crippen LogP contribution in [0.1, 0.15) is 41.5 Å². The minimum Gasteiger partial charge on any atom is -0.545 e. The molecule has 0 N–H and O–H groups in total. The molecular weight excluding hydrogens is 889 g/mol. The Morgan fingerprint density at radius 1 is 0.630 bits per heavy atom. The third kappa shape index (κ3) is 33.5. The number of ether oxygens (including phenoxy) is 3. The summed E-state index contributed by atoms with van der Waals surface area (Å²) in [5.74, 6) is 0.279. The lowest BCUT2D eigenvalue weighted by atomic mass is 10.2. The molecule has 0 unspecified atom stereocenters. The molecule has 54 heavy (non-hydrogen) atoms. The van der Waals surface area contributed by atoms with Gasteiger partial charge in [0.25, 0.3) is 5.95 Å². The zero-order valence-electron chi connectivity index (χ0n) is 36.7. The molecule has 0 aromatic carbocycles. The van der Waals surface area contributed by atoms with E-state index in [1.165, 1.54) is 20.3 Å². The van der Waals surface area contributed by atoms with E-state index in [2.05, 4.69) is 162 Å². The van der Waals surface area contributed by atoms with Gasteiger partial charge in [-0.25, -0.2) is 9.59 Å². The molecule has 0 spiro atoms. The number of esters is 2. The van der Waals surface area contributed by atoms with Crippen molar-refractivity contribution >= 4 is 83.4 Å². The van der Waals surface area contributed by atoms with Gasteiger partial charge in [0.1, 0.15) is 16.5 Å². The Morgan fingerprint density at radius 3 is 1.30 bits per heavy atom. The summed E-state index contributed by atoms with van der Waals surface area (Å²) >= 11 is 5.96. The van der Waals surface area contributed by atoms with E-state index in [4.69, 9.17) is 22.4 Å². The van der Waals surface area contributed by atoms with Crippen LogP contribution < -0.4 is 0 Å². The van der Waals surface area contributed by atoms with Crippen LogP contribution in [-0.4, -0.2) is 86.0 Å². The Hall–Kier alpha value is -1.80. The molecule has 0 bridgehead atoms. The SMILES string of the molecule is C=C(/C=C(\OC)O[Si](C)(C)C)O[Si](C)(C)C.C=C(Br)C(=O)OC.CC(C)(C)[Si](C)(C)OC/C=C\C=O.COC(=O)/C(Br)=C/C=C\CO[Si](C)(C)C(C)(C)C. The highest BCUT2D eigenvalue weighted by Gasteiger charge is 2.37. The minimum absolute atomic E-state index is 0.212. The molecule has 0 heterocycles. The number of carbonyl (C=O) groups is 3. The highest BCUT2D eigenvalue weighted by atomic mass is 79.9. The van der Waals surface area contributed by atoms with Gasteiger partial charge in [-0.3, -0.25) is 4.79 Å². The number of aldehydes is 1. The number of halogens is 2. The molecule has 0 rings (SSSR count). The van der Waals surface area contributed by atoms with Crippen molar-refractivity contribution in [2.24, 2.45) is 0 Å². The van der Waals surface area contributed by atoms with Gasteiger partial charge in [-0.05, 0) is 120 Å². The zero-order valence-corrected chi connectivity index (χ0v) is 43.9. The number of methoxy groups -OCH3 is 3. The summed E-state index contributed by atoms with van der Waals surface area (Å²) in [7, 11) is -2.32. The molecule has 0 aliphatic heterocycles. The number of rotatable bonds is 16. The first-order valence-corrected chi connectivity index (χ1v) is 31.6. The van der Waals surface area contributed by atoms with Crippen molar-refractivity contribution in [3.63, 3.8) is 0 Å². The Labute approximate surface area is 349 Å². The van der Waals surface area contributed by atoms with E-state index in [1.54, 1.807) is 31.4 Å². The Balaban J connectivity index is -0.000000322. The first-order valence-electron chi connectivity index (χ1n) is 17.4. The van der Waals surface area contributed by atoms with E-state index in [0.29, 0.717) is 29.4 Å². The zero-order chi connectivity index (χ0) is 43.8. The summed E-state index contributed by atoms with van der Waals surface area (Å²) in [4.78, 5) is 31.2. The summed E-state index contributed by atoms with van der Waals surface area (Å²) < 4.78 is 37.8. The molecule has 0 saturated heterocycles. The molecule has 0 saturated carbocycles.